The highest BCUT2D eigenvalue weighted by atomic mass is 19.4. The van der Waals surface area contributed by atoms with Gasteiger partial charge in [0.25, 0.3) is 5.91 Å². The van der Waals surface area contributed by atoms with E-state index in [0.717, 1.165) is 28.0 Å². The lowest BCUT2D eigenvalue weighted by molar-refractivity contribution is -0.143. The van der Waals surface area contributed by atoms with E-state index in [1.165, 1.54) is 7.05 Å². The Labute approximate surface area is 189 Å². The molecule has 0 radical (unpaired) electrons. The van der Waals surface area contributed by atoms with Crippen LogP contribution in [0.5, 0.6) is 0 Å². The second-order valence-electron chi connectivity index (χ2n) is 7.54. The van der Waals surface area contributed by atoms with Crippen LogP contribution in [0.2, 0.25) is 0 Å². The first-order valence-corrected chi connectivity index (χ1v) is 9.80. The molecule has 0 aliphatic carbocycles. The number of hydrogen-bond donors (Lipinski definition) is 2. The molecule has 0 saturated carbocycles. The Morgan fingerprint density at radius 3 is 2.18 bits per heavy atom. The summed E-state index contributed by atoms with van der Waals surface area (Å²) in [5, 5.41) is 9.78. The van der Waals surface area contributed by atoms with Gasteiger partial charge in [0.05, 0.1) is 17.2 Å². The summed E-state index contributed by atoms with van der Waals surface area (Å²) in [6.45, 7) is 0. The topological polar surface area (TPSA) is 73.4 Å². The van der Waals surface area contributed by atoms with Gasteiger partial charge in [0, 0.05) is 35.8 Å². The third kappa shape index (κ3) is 5.59. The zero-order valence-electron chi connectivity index (χ0n) is 17.5. The summed E-state index contributed by atoms with van der Waals surface area (Å²) in [5.41, 5.74) is -2.62. The van der Waals surface area contributed by atoms with Crippen molar-refractivity contribution < 1.29 is 41.0 Å². The van der Waals surface area contributed by atoms with Crippen LogP contribution in [0.15, 0.2) is 60.8 Å². The number of rotatable bonds is 6. The van der Waals surface area contributed by atoms with Crippen molar-refractivity contribution in [1.82, 2.24) is 9.88 Å². The lowest BCUT2D eigenvalue weighted by Gasteiger charge is -2.26. The number of alkyl halides is 6. The molecule has 1 amide bonds. The van der Waals surface area contributed by atoms with Crippen LogP contribution >= 0.6 is 0 Å². The van der Waals surface area contributed by atoms with Crippen molar-refractivity contribution in [3.63, 3.8) is 0 Å². The number of likely N-dealkylation sites (N-methyl/N-ethyl adjacent to an activating group) is 1. The highest BCUT2D eigenvalue weighted by Crippen LogP contribution is 2.36. The van der Waals surface area contributed by atoms with Crippen LogP contribution in [-0.4, -0.2) is 40.0 Å². The van der Waals surface area contributed by atoms with Crippen molar-refractivity contribution in [3.8, 4) is 0 Å². The van der Waals surface area contributed by atoms with Gasteiger partial charge in [-0.15, -0.1) is 0 Å². The molecule has 1 atom stereocenters. The fourth-order valence-electron chi connectivity index (χ4n) is 3.49. The van der Waals surface area contributed by atoms with Crippen LogP contribution in [0.1, 0.15) is 27.0 Å². The van der Waals surface area contributed by atoms with Crippen LogP contribution in [0.3, 0.4) is 0 Å². The predicted molar refractivity (Wildman–Crippen MR) is 111 cm³/mol. The Morgan fingerprint density at radius 1 is 1.03 bits per heavy atom. The van der Waals surface area contributed by atoms with Crippen molar-refractivity contribution in [2.45, 2.75) is 24.8 Å². The highest BCUT2D eigenvalue weighted by molar-refractivity contribution is 5.95. The molecular weight excluding hydrogens is 466 g/mol. The number of carbonyl (C=O) groups excluding carboxylic acids is 1. The molecule has 2 aromatic carbocycles. The summed E-state index contributed by atoms with van der Waals surface area (Å²) in [4.78, 5) is 28.0. The maximum Gasteiger partial charge on any atom is 0.416 e. The number of nitrogens with one attached hydrogen (secondary N) is 1. The number of aromatic nitrogens is 1. The number of carboxylic acids is 1. The number of para-hydroxylation sites is 1. The summed E-state index contributed by atoms with van der Waals surface area (Å²) < 4.78 is 79.2. The molecule has 11 heteroatoms. The molecule has 1 heterocycles. The maximum absolute atomic E-state index is 13.2. The lowest BCUT2D eigenvalue weighted by Crippen LogP contribution is -2.37. The molecule has 180 valence electrons. The number of amides is 1. The molecule has 3 rings (SSSR count). The summed E-state index contributed by atoms with van der Waals surface area (Å²) >= 11 is 0. The molecule has 34 heavy (non-hydrogen) atoms. The van der Waals surface area contributed by atoms with Crippen LogP contribution in [0.25, 0.3) is 10.9 Å². The summed E-state index contributed by atoms with van der Waals surface area (Å²) in [5.74, 6) is -2.46. The number of carboxylic acid groups (broad SMARTS) is 1. The number of benzene rings is 2. The number of hydrogen-bond acceptors (Lipinski definition) is 2. The minimum atomic E-state index is -5.11. The van der Waals surface area contributed by atoms with Gasteiger partial charge in [-0.3, -0.25) is 4.79 Å². The molecule has 0 saturated heterocycles. The van der Waals surface area contributed by atoms with Crippen molar-refractivity contribution >= 4 is 22.8 Å². The lowest BCUT2D eigenvalue weighted by atomic mass is 10.0. The Balaban J connectivity index is 2.01. The first kappa shape index (κ1) is 24.9. The summed E-state index contributed by atoms with van der Waals surface area (Å²) in [6.07, 6.45) is -6.61. The fourth-order valence-corrected chi connectivity index (χ4v) is 3.49. The Hall–Kier alpha value is -3.76. The van der Waals surface area contributed by atoms with Crippen LogP contribution in [-0.2, 0) is 23.6 Å². The van der Waals surface area contributed by atoms with E-state index in [0.29, 0.717) is 17.7 Å². The standard InChI is InChI=1S/C23H18F6N2O3/c1-31(21(34)13-8-15(22(24,25)26)11-16(9-13)23(27,28)29)17(6-7-20(32)33)10-14-12-30-19-5-3-2-4-18(14)19/h2-9,11-12,17,30H,10H2,1H3,(H,32,33). The van der Waals surface area contributed by atoms with Gasteiger partial charge in [-0.2, -0.15) is 26.3 Å². The van der Waals surface area contributed by atoms with E-state index in [1.54, 1.807) is 30.5 Å². The van der Waals surface area contributed by atoms with Gasteiger partial charge >= 0.3 is 18.3 Å². The largest absolute Gasteiger partial charge is 0.478 e. The zero-order valence-corrected chi connectivity index (χ0v) is 17.5. The molecule has 1 unspecified atom stereocenters. The van der Waals surface area contributed by atoms with Crippen molar-refractivity contribution in [2.24, 2.45) is 0 Å². The third-order valence-corrected chi connectivity index (χ3v) is 5.22. The van der Waals surface area contributed by atoms with Gasteiger partial charge in [-0.25, -0.2) is 4.79 Å². The maximum atomic E-state index is 13.2. The molecule has 3 aromatic rings. The number of carbonyl (C=O) groups is 2. The average molecular weight is 484 g/mol. The molecular formula is C23H18F6N2O3. The SMILES string of the molecule is CN(C(=O)c1cc(C(F)(F)F)cc(C(F)(F)F)c1)C(C=CC(=O)O)Cc1c[nH]c2ccccc12. The van der Waals surface area contributed by atoms with Gasteiger partial charge in [-0.05, 0) is 36.2 Å². The first-order chi connectivity index (χ1) is 15.8. The minimum absolute atomic E-state index is 0.0567. The minimum Gasteiger partial charge on any atom is -0.478 e. The average Bonchev–Trinajstić information content (AvgIpc) is 3.16. The molecule has 0 aliphatic heterocycles. The van der Waals surface area contributed by atoms with E-state index in [1.807, 2.05) is 0 Å². The molecule has 5 nitrogen and oxygen atoms in total. The molecule has 0 fully saturated rings. The summed E-state index contributed by atoms with van der Waals surface area (Å²) in [7, 11) is 1.18. The van der Waals surface area contributed by atoms with E-state index in [2.05, 4.69) is 4.98 Å². The smallest absolute Gasteiger partial charge is 0.416 e. The quantitative estimate of drug-likeness (QED) is 0.357. The molecule has 0 spiro atoms. The molecule has 2 N–H and O–H groups in total. The van der Waals surface area contributed by atoms with E-state index in [-0.39, 0.29) is 12.5 Å². The van der Waals surface area contributed by atoms with E-state index in [9.17, 15) is 35.9 Å². The van der Waals surface area contributed by atoms with Gasteiger partial charge < -0.3 is 15.0 Å². The van der Waals surface area contributed by atoms with Gasteiger partial charge in [-0.1, -0.05) is 24.3 Å². The van der Waals surface area contributed by atoms with Crippen molar-refractivity contribution in [2.75, 3.05) is 7.05 Å². The van der Waals surface area contributed by atoms with E-state index >= 15 is 0 Å². The summed E-state index contributed by atoms with van der Waals surface area (Å²) in [6, 6.07) is 6.76. The first-order valence-electron chi connectivity index (χ1n) is 9.80. The van der Waals surface area contributed by atoms with E-state index < -0.39 is 47.0 Å². The number of aromatic amines is 1. The monoisotopic (exact) mass is 484 g/mol. The van der Waals surface area contributed by atoms with E-state index in [4.69, 9.17) is 5.11 Å². The number of halogens is 6. The van der Waals surface area contributed by atoms with Gasteiger partial charge in [0.2, 0.25) is 0 Å². The van der Waals surface area contributed by atoms with Gasteiger partial charge in [0.15, 0.2) is 0 Å². The van der Waals surface area contributed by atoms with Gasteiger partial charge in [0.1, 0.15) is 0 Å². The fraction of sp³-hybridized carbons (Fsp3) is 0.217. The molecule has 0 aliphatic rings. The second-order valence-corrected chi connectivity index (χ2v) is 7.54. The number of H-pyrrole nitrogens is 1. The number of nitrogens with zero attached hydrogens (tertiary/aromatic N) is 1. The van der Waals surface area contributed by atoms with Crippen molar-refractivity contribution in [3.05, 3.63) is 83.1 Å². The Morgan fingerprint density at radius 2 is 1.62 bits per heavy atom. The zero-order chi connectivity index (χ0) is 25.3. The normalized spacial score (nSPS) is 13.4. The Kier molecular flexibility index (Phi) is 6.76. The second kappa shape index (κ2) is 9.24. The third-order valence-electron chi connectivity index (χ3n) is 5.22. The van der Waals surface area contributed by atoms with Crippen LogP contribution in [0.4, 0.5) is 26.3 Å². The van der Waals surface area contributed by atoms with Crippen LogP contribution < -0.4 is 0 Å². The van der Waals surface area contributed by atoms with Crippen molar-refractivity contribution in [1.29, 1.82) is 0 Å². The molecule has 0 bridgehead atoms. The number of fused-ring (bicyclic) bond motifs is 1. The Bertz CT molecular complexity index is 1210. The number of aliphatic carboxylic acids is 1. The highest BCUT2D eigenvalue weighted by Gasteiger charge is 2.38. The van der Waals surface area contributed by atoms with Crippen LogP contribution in [0, 0.1) is 0 Å². The molecule has 1 aromatic heterocycles. The predicted octanol–water partition coefficient (Wildman–Crippen LogP) is 5.53.